The molecule has 1 aliphatic rings. The van der Waals surface area contributed by atoms with Gasteiger partial charge in [0.15, 0.2) is 29.4 Å². The second-order valence-corrected chi connectivity index (χ2v) is 9.52. The zero-order valence-corrected chi connectivity index (χ0v) is 20.8. The van der Waals surface area contributed by atoms with Crippen LogP contribution in [0.15, 0.2) is 55.6 Å². The van der Waals surface area contributed by atoms with E-state index in [-0.39, 0.29) is 36.6 Å². The number of nitrogens with one attached hydrogen (secondary N) is 1. The van der Waals surface area contributed by atoms with Crippen molar-refractivity contribution >= 4 is 30.7 Å². The minimum absolute atomic E-state index is 0.0933. The largest absolute Gasteiger partial charge is 0.475 e. The van der Waals surface area contributed by atoms with Gasteiger partial charge in [-0.05, 0) is 12.1 Å². The minimum atomic E-state index is -4.36. The van der Waals surface area contributed by atoms with Gasteiger partial charge in [-0.2, -0.15) is 5.26 Å². The van der Waals surface area contributed by atoms with Crippen molar-refractivity contribution in [2.75, 3.05) is 25.1 Å². The molecule has 0 saturated carbocycles. The summed E-state index contributed by atoms with van der Waals surface area (Å²) in [5.41, 5.74) is 0.689. The molecule has 2 N–H and O–H groups in total. The molecule has 15 heteroatoms. The number of nitriles is 1. The van der Waals surface area contributed by atoms with Crippen LogP contribution in [0.2, 0.25) is 0 Å². The zero-order chi connectivity index (χ0) is 27.1. The number of aromatic nitrogens is 4. The van der Waals surface area contributed by atoms with E-state index in [9.17, 15) is 14.5 Å². The summed E-state index contributed by atoms with van der Waals surface area (Å²) in [7, 11) is -4.36. The number of hydrogen-bond acceptors (Lipinski definition) is 11. The Morgan fingerprint density at radius 1 is 1.32 bits per heavy atom. The lowest BCUT2D eigenvalue weighted by atomic mass is 10.1. The summed E-state index contributed by atoms with van der Waals surface area (Å²) in [5.74, 6) is -0.336. The molecule has 1 amide bonds. The Bertz CT molecular complexity index is 1370. The summed E-state index contributed by atoms with van der Waals surface area (Å²) in [4.78, 5) is 25.0. The van der Waals surface area contributed by atoms with Crippen molar-refractivity contribution in [3.8, 4) is 6.07 Å². The number of benzene rings is 1. The average molecular weight is 546 g/mol. The van der Waals surface area contributed by atoms with Crippen molar-refractivity contribution in [1.82, 2.24) is 19.5 Å². The molecule has 3 aromatic rings. The Kier molecular flexibility index (Phi) is 8.90. The number of aliphatic hydroxyl groups excluding tert-OH is 1. The molecule has 200 valence electrons. The lowest BCUT2D eigenvalue weighted by molar-refractivity contribution is -0.0470. The number of phosphoric ester groups is 1. The number of amides is 1. The molecule has 3 heterocycles. The van der Waals surface area contributed by atoms with Crippen LogP contribution in [-0.4, -0.2) is 68.7 Å². The van der Waals surface area contributed by atoms with E-state index in [1.165, 1.54) is 23.3 Å². The third-order valence-electron chi connectivity index (χ3n) is 5.41. The molecular weight excluding hydrogens is 522 g/mol. The van der Waals surface area contributed by atoms with Gasteiger partial charge in [0.2, 0.25) is 0 Å². The highest BCUT2D eigenvalue weighted by atomic mass is 31.2. The molecule has 0 radical (unpaired) electrons. The molecule has 0 aliphatic carbocycles. The monoisotopic (exact) mass is 546 g/mol. The summed E-state index contributed by atoms with van der Waals surface area (Å²) in [5, 5.41) is 21.2. The number of ether oxygens (including phenoxy) is 1. The predicted molar refractivity (Wildman–Crippen MR) is 130 cm³/mol. The first kappa shape index (κ1) is 27.5. The highest BCUT2D eigenvalue weighted by Crippen LogP contribution is 2.53. The van der Waals surface area contributed by atoms with Crippen LogP contribution in [-0.2, 0) is 22.9 Å². The van der Waals surface area contributed by atoms with E-state index in [2.05, 4.69) is 26.8 Å². The predicted octanol–water partition coefficient (Wildman–Crippen LogP) is 2.93. The maximum atomic E-state index is 15.7. The quantitative estimate of drug-likeness (QED) is 0.194. The number of anilines is 1. The average Bonchev–Trinajstić information content (AvgIpc) is 3.49. The molecule has 2 unspecified atom stereocenters. The molecule has 1 saturated heterocycles. The van der Waals surface area contributed by atoms with Crippen LogP contribution in [0.25, 0.3) is 11.2 Å². The summed E-state index contributed by atoms with van der Waals surface area (Å²) in [6.45, 7) is 2.26. The Morgan fingerprint density at radius 3 is 2.82 bits per heavy atom. The Balaban J connectivity index is 1.57. The van der Waals surface area contributed by atoms with Crippen LogP contribution < -0.4 is 5.32 Å². The number of alkyl halides is 1. The molecular formula is C23H24FN6O7P. The first-order valence-corrected chi connectivity index (χ1v) is 12.9. The van der Waals surface area contributed by atoms with Gasteiger partial charge in [0, 0.05) is 5.56 Å². The van der Waals surface area contributed by atoms with E-state index in [1.807, 2.05) is 6.07 Å². The lowest BCUT2D eigenvalue weighted by Gasteiger charge is -2.24. The molecule has 38 heavy (non-hydrogen) atoms. The Hall–Kier alpha value is -3.57. The minimum Gasteiger partial charge on any atom is -0.394 e. The van der Waals surface area contributed by atoms with Crippen molar-refractivity contribution in [3.63, 3.8) is 0 Å². The number of hydrogen-bond donors (Lipinski definition) is 2. The third-order valence-corrected chi connectivity index (χ3v) is 6.88. The number of nitrogens with zero attached hydrogens (tertiary/aromatic N) is 5. The van der Waals surface area contributed by atoms with Gasteiger partial charge in [0.1, 0.15) is 18.5 Å². The van der Waals surface area contributed by atoms with Crippen molar-refractivity contribution < 1.29 is 37.2 Å². The lowest BCUT2D eigenvalue weighted by Crippen LogP contribution is -2.33. The maximum Gasteiger partial charge on any atom is 0.475 e. The molecule has 1 fully saturated rings. The molecule has 2 aromatic heterocycles. The van der Waals surface area contributed by atoms with Crippen LogP contribution in [0.1, 0.15) is 23.0 Å². The maximum absolute atomic E-state index is 15.7. The number of halogens is 1. The van der Waals surface area contributed by atoms with Gasteiger partial charge in [-0.3, -0.25) is 22.9 Å². The number of fused-ring (bicyclic) bond motifs is 1. The van der Waals surface area contributed by atoms with Gasteiger partial charge in [0.05, 0.1) is 38.6 Å². The Labute approximate surface area is 216 Å². The van der Waals surface area contributed by atoms with Gasteiger partial charge < -0.3 is 15.2 Å². The highest BCUT2D eigenvalue weighted by molar-refractivity contribution is 7.48. The number of rotatable bonds is 12. The van der Waals surface area contributed by atoms with Crippen molar-refractivity contribution in [1.29, 1.82) is 5.26 Å². The molecule has 0 spiro atoms. The van der Waals surface area contributed by atoms with Gasteiger partial charge in [-0.15, -0.1) is 6.58 Å². The zero-order valence-electron chi connectivity index (χ0n) is 19.9. The second kappa shape index (κ2) is 12.3. The number of aliphatic hydroxyl groups is 1. The number of carbonyl (C=O) groups excluding carboxylic acids is 1. The summed E-state index contributed by atoms with van der Waals surface area (Å²) >= 11 is 0. The van der Waals surface area contributed by atoms with Crippen LogP contribution in [0.5, 0.6) is 0 Å². The molecule has 0 bridgehead atoms. The second-order valence-electron chi connectivity index (χ2n) is 7.90. The molecule has 1 aliphatic heterocycles. The van der Waals surface area contributed by atoms with E-state index >= 15 is 4.39 Å². The normalized spacial score (nSPS) is 22.6. The molecule has 4 rings (SSSR count). The summed E-state index contributed by atoms with van der Waals surface area (Å²) in [6, 6.07) is 10.3. The van der Waals surface area contributed by atoms with Crippen LogP contribution in [0.4, 0.5) is 10.2 Å². The fourth-order valence-corrected chi connectivity index (χ4v) is 5.03. The summed E-state index contributed by atoms with van der Waals surface area (Å²) in [6.07, 6.45) is -2.63. The van der Waals surface area contributed by atoms with Crippen LogP contribution in [0, 0.1) is 11.3 Å². The first-order chi connectivity index (χ1) is 18.4. The molecule has 1 aromatic carbocycles. The van der Waals surface area contributed by atoms with Gasteiger partial charge in [-0.1, -0.05) is 24.3 Å². The van der Waals surface area contributed by atoms with Crippen molar-refractivity contribution in [2.45, 2.75) is 31.0 Å². The standard InChI is InChI=1S/C23H24FN6O7P/c1-2-10-34-38(33,35-11-6-9-25)37-19-16(12-31)36-23(17(19)24)30-14-28-18-20(26-13-27-21(18)30)29-22(32)15-7-4-3-5-8-15/h2-5,7-8,13-14,16-17,19,23,31H,1,6,10-12H2,(H,26,27,29,32)/t16-,17-,19-,23?,38?/m1/s1. The third kappa shape index (κ3) is 5.94. The van der Waals surface area contributed by atoms with Crippen LogP contribution in [0.3, 0.4) is 0 Å². The Morgan fingerprint density at radius 2 is 2.11 bits per heavy atom. The van der Waals surface area contributed by atoms with E-state index < -0.39 is 44.9 Å². The van der Waals surface area contributed by atoms with E-state index in [0.717, 1.165) is 0 Å². The smallest absolute Gasteiger partial charge is 0.394 e. The summed E-state index contributed by atoms with van der Waals surface area (Å²) < 4.78 is 51.4. The van der Waals surface area contributed by atoms with Gasteiger partial charge in [0.25, 0.3) is 5.91 Å². The fourth-order valence-electron chi connectivity index (χ4n) is 3.68. The van der Waals surface area contributed by atoms with Crippen LogP contribution >= 0.6 is 7.82 Å². The van der Waals surface area contributed by atoms with Crippen molar-refractivity contribution in [2.24, 2.45) is 0 Å². The van der Waals surface area contributed by atoms with Crippen molar-refractivity contribution in [3.05, 3.63) is 61.2 Å². The molecule has 13 nitrogen and oxygen atoms in total. The van der Waals surface area contributed by atoms with Gasteiger partial charge in [-0.25, -0.2) is 23.9 Å². The molecule has 5 atom stereocenters. The van der Waals surface area contributed by atoms with E-state index in [4.69, 9.17) is 23.6 Å². The topological polar surface area (TPSA) is 171 Å². The van der Waals surface area contributed by atoms with E-state index in [1.54, 1.807) is 30.3 Å². The van der Waals surface area contributed by atoms with E-state index in [0.29, 0.717) is 5.56 Å². The number of imidazole rings is 1. The fraction of sp³-hybridized carbons (Fsp3) is 0.348. The number of phosphoric acid groups is 1. The highest BCUT2D eigenvalue weighted by Gasteiger charge is 2.51. The SMILES string of the molecule is C=CCOP(=O)(OCCC#N)O[C@@H]1[C@@H](CO)OC(n2cnc3c(NC(=O)c4ccccc4)ncnc32)[C@@H]1F. The van der Waals surface area contributed by atoms with Gasteiger partial charge >= 0.3 is 7.82 Å². The first-order valence-electron chi connectivity index (χ1n) is 11.4. The number of carbonyl (C=O) groups is 1.